The zero-order chi connectivity index (χ0) is 8.27. The molecule has 0 fully saturated rings. The van der Waals surface area contributed by atoms with E-state index in [9.17, 15) is 10.1 Å². The molecule has 0 amide bonds. The molecule has 0 aromatic rings. The van der Waals surface area contributed by atoms with E-state index in [0.717, 1.165) is 12.8 Å². The van der Waals surface area contributed by atoms with Gasteiger partial charge in [0.25, 0.3) is 0 Å². The van der Waals surface area contributed by atoms with Crippen LogP contribution in [0.15, 0.2) is 23.4 Å². The standard InChI is InChI=1S/C8H11NO2/c1-2-7-3-5-8(6-4-7)9(10)11/h3,5H,2,4,6H2,1H3. The van der Waals surface area contributed by atoms with Gasteiger partial charge in [-0.2, -0.15) is 0 Å². The summed E-state index contributed by atoms with van der Waals surface area (Å²) in [6, 6.07) is 0. The maximum absolute atomic E-state index is 10.3. The van der Waals surface area contributed by atoms with Gasteiger partial charge in [0.05, 0.1) is 4.92 Å². The zero-order valence-corrected chi connectivity index (χ0v) is 6.54. The van der Waals surface area contributed by atoms with Crippen molar-refractivity contribution in [2.45, 2.75) is 26.2 Å². The third kappa shape index (κ3) is 1.90. The van der Waals surface area contributed by atoms with Crippen LogP contribution in [0.3, 0.4) is 0 Å². The minimum Gasteiger partial charge on any atom is -0.259 e. The van der Waals surface area contributed by atoms with E-state index >= 15 is 0 Å². The van der Waals surface area contributed by atoms with E-state index in [0.29, 0.717) is 12.1 Å². The van der Waals surface area contributed by atoms with Crippen LogP contribution in [0, 0.1) is 10.1 Å². The lowest BCUT2D eigenvalue weighted by Gasteiger charge is -2.06. The van der Waals surface area contributed by atoms with Crippen molar-refractivity contribution in [3.8, 4) is 0 Å². The molecule has 0 saturated heterocycles. The second-order valence-corrected chi connectivity index (χ2v) is 2.59. The lowest BCUT2D eigenvalue weighted by Crippen LogP contribution is -2.02. The smallest absolute Gasteiger partial charge is 0.246 e. The van der Waals surface area contributed by atoms with Gasteiger partial charge >= 0.3 is 0 Å². The molecule has 3 nitrogen and oxygen atoms in total. The summed E-state index contributed by atoms with van der Waals surface area (Å²) in [5.41, 5.74) is 1.64. The van der Waals surface area contributed by atoms with E-state index in [1.54, 1.807) is 6.08 Å². The van der Waals surface area contributed by atoms with Crippen LogP contribution in [0.5, 0.6) is 0 Å². The minimum atomic E-state index is -0.303. The molecule has 0 N–H and O–H groups in total. The Hall–Kier alpha value is -1.12. The summed E-state index contributed by atoms with van der Waals surface area (Å²) in [6.07, 6.45) is 5.92. The average molecular weight is 153 g/mol. The molecule has 0 heterocycles. The largest absolute Gasteiger partial charge is 0.259 e. The Bertz CT molecular complexity index is 228. The molecule has 0 aromatic carbocycles. The van der Waals surface area contributed by atoms with Gasteiger partial charge in [-0.3, -0.25) is 10.1 Å². The predicted molar refractivity (Wildman–Crippen MR) is 42.7 cm³/mol. The first-order valence-electron chi connectivity index (χ1n) is 3.77. The van der Waals surface area contributed by atoms with Crippen molar-refractivity contribution in [3.63, 3.8) is 0 Å². The summed E-state index contributed by atoms with van der Waals surface area (Å²) in [6.45, 7) is 2.07. The molecule has 11 heavy (non-hydrogen) atoms. The van der Waals surface area contributed by atoms with Crippen molar-refractivity contribution in [1.29, 1.82) is 0 Å². The summed E-state index contributed by atoms with van der Waals surface area (Å²) in [5, 5.41) is 10.3. The molecule has 0 unspecified atom stereocenters. The van der Waals surface area contributed by atoms with Crippen LogP contribution in [0.25, 0.3) is 0 Å². The number of rotatable bonds is 2. The third-order valence-corrected chi connectivity index (χ3v) is 1.90. The fourth-order valence-corrected chi connectivity index (χ4v) is 1.12. The van der Waals surface area contributed by atoms with E-state index in [1.807, 2.05) is 6.08 Å². The highest BCUT2D eigenvalue weighted by Crippen LogP contribution is 2.20. The van der Waals surface area contributed by atoms with E-state index < -0.39 is 0 Å². The van der Waals surface area contributed by atoms with Crippen molar-refractivity contribution >= 4 is 0 Å². The molecular formula is C8H11NO2. The van der Waals surface area contributed by atoms with E-state index in [-0.39, 0.29) is 4.92 Å². The molecule has 0 bridgehead atoms. The predicted octanol–water partition coefficient (Wildman–Crippen LogP) is 2.28. The fraction of sp³-hybridized carbons (Fsp3) is 0.500. The van der Waals surface area contributed by atoms with Crippen molar-refractivity contribution < 1.29 is 4.92 Å². The number of hydrogen-bond donors (Lipinski definition) is 0. The fourth-order valence-electron chi connectivity index (χ4n) is 1.12. The SMILES string of the molecule is CCC1=CC=C([N+](=O)[O-])CC1. The van der Waals surface area contributed by atoms with Crippen LogP contribution in [0.1, 0.15) is 26.2 Å². The highest BCUT2D eigenvalue weighted by atomic mass is 16.6. The minimum absolute atomic E-state index is 0.303. The van der Waals surface area contributed by atoms with Gasteiger partial charge in [0.15, 0.2) is 0 Å². The number of allylic oxidation sites excluding steroid dienone is 4. The van der Waals surface area contributed by atoms with Gasteiger partial charge in [-0.1, -0.05) is 18.6 Å². The zero-order valence-electron chi connectivity index (χ0n) is 6.54. The lowest BCUT2D eigenvalue weighted by atomic mass is 10.0. The Morgan fingerprint density at radius 2 is 2.27 bits per heavy atom. The van der Waals surface area contributed by atoms with Crippen LogP contribution in [0.2, 0.25) is 0 Å². The first-order valence-corrected chi connectivity index (χ1v) is 3.77. The van der Waals surface area contributed by atoms with Crippen LogP contribution in [0.4, 0.5) is 0 Å². The second-order valence-electron chi connectivity index (χ2n) is 2.59. The van der Waals surface area contributed by atoms with Crippen LogP contribution < -0.4 is 0 Å². The van der Waals surface area contributed by atoms with Crippen LogP contribution in [-0.2, 0) is 0 Å². The Balaban J connectivity index is 2.69. The molecule has 1 rings (SSSR count). The van der Waals surface area contributed by atoms with Crippen molar-refractivity contribution in [2.24, 2.45) is 0 Å². The first-order chi connectivity index (χ1) is 5.24. The summed E-state index contributed by atoms with van der Waals surface area (Å²) >= 11 is 0. The highest BCUT2D eigenvalue weighted by Gasteiger charge is 2.13. The van der Waals surface area contributed by atoms with E-state index in [2.05, 4.69) is 6.92 Å². The molecule has 0 atom stereocenters. The molecule has 0 spiro atoms. The van der Waals surface area contributed by atoms with Gasteiger partial charge in [-0.05, 0) is 12.8 Å². The maximum Gasteiger partial charge on any atom is 0.246 e. The summed E-state index contributed by atoms with van der Waals surface area (Å²) in [4.78, 5) is 9.95. The second kappa shape index (κ2) is 3.32. The Kier molecular flexibility index (Phi) is 2.41. The maximum atomic E-state index is 10.3. The molecule has 0 aromatic heterocycles. The molecule has 0 saturated carbocycles. The van der Waals surface area contributed by atoms with Crippen LogP contribution >= 0.6 is 0 Å². The summed E-state index contributed by atoms with van der Waals surface area (Å²) < 4.78 is 0. The van der Waals surface area contributed by atoms with Gasteiger partial charge in [-0.15, -0.1) is 0 Å². The van der Waals surface area contributed by atoms with Gasteiger partial charge in [0.2, 0.25) is 5.70 Å². The number of nitro groups is 1. The molecule has 0 radical (unpaired) electrons. The molecule has 0 aliphatic heterocycles. The van der Waals surface area contributed by atoms with Gasteiger partial charge in [0.1, 0.15) is 0 Å². The Morgan fingerprint density at radius 1 is 1.55 bits per heavy atom. The van der Waals surface area contributed by atoms with Gasteiger partial charge in [-0.25, -0.2) is 0 Å². The van der Waals surface area contributed by atoms with E-state index in [1.165, 1.54) is 5.57 Å². The highest BCUT2D eigenvalue weighted by molar-refractivity contribution is 5.20. The van der Waals surface area contributed by atoms with Crippen molar-refractivity contribution in [3.05, 3.63) is 33.5 Å². The van der Waals surface area contributed by atoms with Crippen molar-refractivity contribution in [1.82, 2.24) is 0 Å². The lowest BCUT2D eigenvalue weighted by molar-refractivity contribution is -0.428. The van der Waals surface area contributed by atoms with Gasteiger partial charge in [0, 0.05) is 12.5 Å². The molecule has 1 aliphatic rings. The molecule has 3 heteroatoms. The summed E-state index contributed by atoms with van der Waals surface area (Å²) in [5.74, 6) is 0. The summed E-state index contributed by atoms with van der Waals surface area (Å²) in [7, 11) is 0. The normalized spacial score (nSPS) is 17.2. The molecular weight excluding hydrogens is 142 g/mol. The number of hydrogen-bond acceptors (Lipinski definition) is 2. The topological polar surface area (TPSA) is 43.1 Å². The quantitative estimate of drug-likeness (QED) is 0.451. The van der Waals surface area contributed by atoms with Gasteiger partial charge < -0.3 is 0 Å². The molecule has 1 aliphatic carbocycles. The van der Waals surface area contributed by atoms with Crippen LogP contribution in [-0.4, -0.2) is 4.92 Å². The van der Waals surface area contributed by atoms with Crippen molar-refractivity contribution in [2.75, 3.05) is 0 Å². The Morgan fingerprint density at radius 3 is 2.64 bits per heavy atom. The first kappa shape index (κ1) is 7.98. The number of nitrogens with zero attached hydrogens (tertiary/aromatic N) is 1. The van der Waals surface area contributed by atoms with E-state index in [4.69, 9.17) is 0 Å². The third-order valence-electron chi connectivity index (χ3n) is 1.90. The molecule has 60 valence electrons. The monoisotopic (exact) mass is 153 g/mol. The Labute approximate surface area is 65.6 Å². The average Bonchev–Trinajstić information content (AvgIpc) is 2.05.